The fourth-order valence-electron chi connectivity index (χ4n) is 1.84. The van der Waals surface area contributed by atoms with E-state index in [0.717, 1.165) is 3.79 Å². The second-order valence-corrected chi connectivity index (χ2v) is 7.44. The van der Waals surface area contributed by atoms with Gasteiger partial charge in [-0.15, -0.1) is 11.3 Å². The van der Waals surface area contributed by atoms with E-state index in [1.54, 1.807) is 12.1 Å². The third kappa shape index (κ3) is 6.28. The molecule has 0 aliphatic rings. The quantitative estimate of drug-likeness (QED) is 0.489. The van der Waals surface area contributed by atoms with E-state index in [-0.39, 0.29) is 24.8 Å². The summed E-state index contributed by atoms with van der Waals surface area (Å²) in [6, 6.07) is 8.56. The summed E-state index contributed by atoms with van der Waals surface area (Å²) in [4.78, 5) is 35.6. The summed E-state index contributed by atoms with van der Waals surface area (Å²) in [7, 11) is 0. The van der Waals surface area contributed by atoms with Gasteiger partial charge in [0.1, 0.15) is 5.82 Å². The first-order valence-electron chi connectivity index (χ1n) is 7.34. The lowest BCUT2D eigenvalue weighted by atomic mass is 10.2. The lowest BCUT2D eigenvalue weighted by molar-refractivity contribution is -0.121. The number of hydrazine groups is 1. The molecule has 132 valence electrons. The maximum absolute atomic E-state index is 12.8. The fraction of sp³-hybridized carbons (Fsp3) is 0.188. The molecule has 25 heavy (non-hydrogen) atoms. The van der Waals surface area contributed by atoms with Crippen molar-refractivity contribution in [2.75, 3.05) is 6.54 Å². The van der Waals surface area contributed by atoms with Crippen LogP contribution in [-0.2, 0) is 4.79 Å². The largest absolute Gasteiger partial charge is 0.352 e. The normalized spacial score (nSPS) is 10.2. The van der Waals surface area contributed by atoms with Crippen LogP contribution in [0.5, 0.6) is 0 Å². The molecule has 1 aromatic carbocycles. The van der Waals surface area contributed by atoms with Gasteiger partial charge in [-0.1, -0.05) is 0 Å². The summed E-state index contributed by atoms with van der Waals surface area (Å²) in [5, 5.41) is 2.63. The predicted octanol–water partition coefficient (Wildman–Crippen LogP) is 2.62. The number of benzene rings is 1. The van der Waals surface area contributed by atoms with Gasteiger partial charge in [0.2, 0.25) is 5.91 Å². The van der Waals surface area contributed by atoms with Gasteiger partial charge in [-0.05, 0) is 58.7 Å². The molecule has 2 aromatic rings. The summed E-state index contributed by atoms with van der Waals surface area (Å²) in [5.41, 5.74) is 4.98. The van der Waals surface area contributed by atoms with Gasteiger partial charge in [0.05, 0.1) is 8.66 Å². The Morgan fingerprint density at radius 1 is 1.00 bits per heavy atom. The van der Waals surface area contributed by atoms with Gasteiger partial charge >= 0.3 is 0 Å². The minimum Gasteiger partial charge on any atom is -0.352 e. The van der Waals surface area contributed by atoms with E-state index < -0.39 is 11.7 Å². The van der Waals surface area contributed by atoms with Crippen LogP contribution in [0, 0.1) is 5.82 Å². The summed E-state index contributed by atoms with van der Waals surface area (Å²) in [5.74, 6) is -1.50. The van der Waals surface area contributed by atoms with Crippen molar-refractivity contribution in [1.82, 2.24) is 16.2 Å². The minimum absolute atomic E-state index is 0.137. The zero-order chi connectivity index (χ0) is 18.2. The topological polar surface area (TPSA) is 87.3 Å². The van der Waals surface area contributed by atoms with Crippen LogP contribution in [0.4, 0.5) is 4.39 Å². The number of hydrogen-bond acceptors (Lipinski definition) is 4. The van der Waals surface area contributed by atoms with Gasteiger partial charge in [0, 0.05) is 18.5 Å². The van der Waals surface area contributed by atoms with Gasteiger partial charge in [-0.3, -0.25) is 25.2 Å². The number of carbonyl (C=O) groups is 3. The van der Waals surface area contributed by atoms with Crippen molar-refractivity contribution >= 4 is 45.0 Å². The first-order chi connectivity index (χ1) is 12.0. The molecule has 0 atom stereocenters. The molecule has 0 aliphatic carbocycles. The Balaban J connectivity index is 1.62. The Morgan fingerprint density at radius 3 is 2.36 bits per heavy atom. The van der Waals surface area contributed by atoms with Crippen LogP contribution in [0.2, 0.25) is 0 Å². The molecule has 0 saturated carbocycles. The number of thiophene rings is 1. The highest BCUT2D eigenvalue weighted by atomic mass is 79.9. The monoisotopic (exact) mass is 427 g/mol. The highest BCUT2D eigenvalue weighted by molar-refractivity contribution is 9.11. The standard InChI is InChI=1S/C16H15BrFN3O3S/c17-13-8-7-12(25-13)16(24)21-20-14(22)2-1-9-19-15(23)10-3-5-11(18)6-4-10/h3-8H,1-2,9H2,(H,19,23)(H,20,22)(H,21,24). The average Bonchev–Trinajstić information content (AvgIpc) is 3.03. The van der Waals surface area contributed by atoms with E-state index in [9.17, 15) is 18.8 Å². The number of rotatable bonds is 6. The molecule has 9 heteroatoms. The molecule has 3 N–H and O–H groups in total. The molecule has 0 aliphatic heterocycles. The Morgan fingerprint density at radius 2 is 1.72 bits per heavy atom. The van der Waals surface area contributed by atoms with Crippen molar-refractivity contribution in [3.63, 3.8) is 0 Å². The molecular formula is C16H15BrFN3O3S. The molecular weight excluding hydrogens is 413 g/mol. The molecule has 1 heterocycles. The second-order valence-electron chi connectivity index (χ2n) is 4.97. The summed E-state index contributed by atoms with van der Waals surface area (Å²) in [6.07, 6.45) is 0.539. The Kier molecular flexibility index (Phi) is 7.08. The highest BCUT2D eigenvalue weighted by Crippen LogP contribution is 2.21. The molecule has 0 radical (unpaired) electrons. The predicted molar refractivity (Wildman–Crippen MR) is 95.6 cm³/mol. The second kappa shape index (κ2) is 9.28. The minimum atomic E-state index is -0.412. The van der Waals surface area contributed by atoms with E-state index in [1.807, 2.05) is 0 Å². The number of hydrogen-bond donors (Lipinski definition) is 3. The van der Waals surface area contributed by atoms with Crippen LogP contribution >= 0.6 is 27.3 Å². The van der Waals surface area contributed by atoms with E-state index in [4.69, 9.17) is 0 Å². The van der Waals surface area contributed by atoms with Crippen molar-refractivity contribution in [3.05, 3.63) is 56.4 Å². The lowest BCUT2D eigenvalue weighted by Gasteiger charge is -2.07. The summed E-state index contributed by atoms with van der Waals surface area (Å²) >= 11 is 4.51. The van der Waals surface area contributed by atoms with E-state index >= 15 is 0 Å². The smallest absolute Gasteiger partial charge is 0.279 e. The maximum Gasteiger partial charge on any atom is 0.279 e. The molecule has 3 amide bonds. The molecule has 0 fully saturated rings. The third-order valence-electron chi connectivity index (χ3n) is 3.09. The SMILES string of the molecule is O=C(CCCNC(=O)c1ccc(F)cc1)NNC(=O)c1ccc(Br)s1. The first kappa shape index (κ1) is 19.1. The van der Waals surface area contributed by atoms with Crippen LogP contribution in [0.1, 0.15) is 32.9 Å². The van der Waals surface area contributed by atoms with Gasteiger partial charge < -0.3 is 5.32 Å². The lowest BCUT2D eigenvalue weighted by Crippen LogP contribution is -2.41. The van der Waals surface area contributed by atoms with E-state index in [0.29, 0.717) is 16.9 Å². The number of nitrogens with one attached hydrogen (secondary N) is 3. The van der Waals surface area contributed by atoms with Crippen molar-refractivity contribution in [3.8, 4) is 0 Å². The maximum atomic E-state index is 12.8. The van der Waals surface area contributed by atoms with Crippen LogP contribution in [0.3, 0.4) is 0 Å². The number of amides is 3. The number of carbonyl (C=O) groups excluding carboxylic acids is 3. The molecule has 6 nitrogen and oxygen atoms in total. The van der Waals surface area contributed by atoms with E-state index in [2.05, 4.69) is 32.1 Å². The van der Waals surface area contributed by atoms with Crippen molar-refractivity contribution in [2.24, 2.45) is 0 Å². The van der Waals surface area contributed by atoms with Crippen LogP contribution in [-0.4, -0.2) is 24.3 Å². The molecule has 0 saturated heterocycles. The highest BCUT2D eigenvalue weighted by Gasteiger charge is 2.10. The molecule has 1 aromatic heterocycles. The van der Waals surface area contributed by atoms with Crippen molar-refractivity contribution in [2.45, 2.75) is 12.8 Å². The van der Waals surface area contributed by atoms with Crippen LogP contribution in [0.15, 0.2) is 40.2 Å². The van der Waals surface area contributed by atoms with E-state index in [1.165, 1.54) is 35.6 Å². The van der Waals surface area contributed by atoms with Crippen molar-refractivity contribution in [1.29, 1.82) is 0 Å². The van der Waals surface area contributed by atoms with Crippen LogP contribution in [0.25, 0.3) is 0 Å². The zero-order valence-electron chi connectivity index (χ0n) is 13.0. The molecule has 2 rings (SSSR count). The summed E-state index contributed by atoms with van der Waals surface area (Å²) in [6.45, 7) is 0.287. The Hall–Kier alpha value is -2.26. The van der Waals surface area contributed by atoms with Crippen LogP contribution < -0.4 is 16.2 Å². The average molecular weight is 428 g/mol. The third-order valence-corrected chi connectivity index (χ3v) is 4.71. The van der Waals surface area contributed by atoms with Gasteiger partial charge in [0.15, 0.2) is 0 Å². The molecule has 0 bridgehead atoms. The van der Waals surface area contributed by atoms with Gasteiger partial charge in [-0.25, -0.2) is 4.39 Å². The fourth-order valence-corrected chi connectivity index (χ4v) is 3.12. The Bertz CT molecular complexity index is 764. The molecule has 0 unspecified atom stereocenters. The molecule has 0 spiro atoms. The Labute approximate surface area is 155 Å². The zero-order valence-corrected chi connectivity index (χ0v) is 15.4. The van der Waals surface area contributed by atoms with Gasteiger partial charge in [0.25, 0.3) is 11.8 Å². The first-order valence-corrected chi connectivity index (χ1v) is 8.95. The number of halogens is 2. The van der Waals surface area contributed by atoms with Gasteiger partial charge in [-0.2, -0.15) is 0 Å². The van der Waals surface area contributed by atoms with Crippen molar-refractivity contribution < 1.29 is 18.8 Å². The summed E-state index contributed by atoms with van der Waals surface area (Å²) < 4.78 is 13.6.